The van der Waals surface area contributed by atoms with E-state index < -0.39 is 18.1 Å². The van der Waals surface area contributed by atoms with E-state index in [1.54, 1.807) is 0 Å². The summed E-state index contributed by atoms with van der Waals surface area (Å²) in [6.45, 7) is 0. The first-order valence-corrected chi connectivity index (χ1v) is 5.29. The van der Waals surface area contributed by atoms with Gasteiger partial charge in [-0.1, -0.05) is 25.7 Å². The highest BCUT2D eigenvalue weighted by atomic mass is 16.4. The first-order valence-electron chi connectivity index (χ1n) is 5.29. The standard InChI is InChI=1S/C10H19NO3/c11-8(9(12)10(13)14)7-5-3-1-2-4-6-7/h7-9,12H,1-6,11H2,(H,13,14)/t8-,9+/m1/s1. The summed E-state index contributed by atoms with van der Waals surface area (Å²) in [7, 11) is 0. The molecule has 0 aromatic rings. The number of hydrogen-bond acceptors (Lipinski definition) is 3. The molecule has 1 aliphatic rings. The number of aliphatic carboxylic acids is 1. The van der Waals surface area contributed by atoms with Gasteiger partial charge in [-0.05, 0) is 18.8 Å². The minimum absolute atomic E-state index is 0.170. The summed E-state index contributed by atoms with van der Waals surface area (Å²) in [4.78, 5) is 10.5. The number of rotatable bonds is 3. The van der Waals surface area contributed by atoms with Crippen LogP contribution in [0.25, 0.3) is 0 Å². The van der Waals surface area contributed by atoms with Crippen LogP contribution < -0.4 is 5.73 Å². The topological polar surface area (TPSA) is 83.5 Å². The van der Waals surface area contributed by atoms with Crippen LogP contribution in [0.5, 0.6) is 0 Å². The number of carbonyl (C=O) groups is 1. The maximum Gasteiger partial charge on any atom is 0.334 e. The Morgan fingerprint density at radius 2 is 1.71 bits per heavy atom. The highest BCUT2D eigenvalue weighted by Gasteiger charge is 2.29. The second-order valence-electron chi connectivity index (χ2n) is 4.11. The lowest BCUT2D eigenvalue weighted by Gasteiger charge is -2.24. The van der Waals surface area contributed by atoms with Crippen molar-refractivity contribution in [1.29, 1.82) is 0 Å². The van der Waals surface area contributed by atoms with Crippen molar-refractivity contribution in [2.45, 2.75) is 50.7 Å². The lowest BCUT2D eigenvalue weighted by Crippen LogP contribution is -2.45. The van der Waals surface area contributed by atoms with E-state index in [0.29, 0.717) is 0 Å². The van der Waals surface area contributed by atoms with Crippen LogP contribution >= 0.6 is 0 Å². The van der Waals surface area contributed by atoms with Gasteiger partial charge < -0.3 is 15.9 Å². The molecule has 0 spiro atoms. The van der Waals surface area contributed by atoms with Crippen molar-refractivity contribution in [2.75, 3.05) is 0 Å². The van der Waals surface area contributed by atoms with Gasteiger partial charge in [-0.3, -0.25) is 0 Å². The zero-order valence-electron chi connectivity index (χ0n) is 8.35. The Balaban J connectivity index is 2.48. The Bertz CT molecular complexity index is 188. The van der Waals surface area contributed by atoms with Crippen molar-refractivity contribution in [2.24, 2.45) is 11.7 Å². The third kappa shape index (κ3) is 2.96. The van der Waals surface area contributed by atoms with E-state index in [0.717, 1.165) is 25.7 Å². The fourth-order valence-corrected chi connectivity index (χ4v) is 2.12. The Morgan fingerprint density at radius 1 is 1.21 bits per heavy atom. The van der Waals surface area contributed by atoms with Gasteiger partial charge in [0.15, 0.2) is 6.10 Å². The molecule has 0 amide bonds. The third-order valence-corrected chi connectivity index (χ3v) is 3.06. The number of carboxylic acid groups (broad SMARTS) is 1. The van der Waals surface area contributed by atoms with Gasteiger partial charge in [-0.25, -0.2) is 4.79 Å². The number of carboxylic acids is 1. The van der Waals surface area contributed by atoms with Crippen LogP contribution in [0, 0.1) is 5.92 Å². The molecule has 0 radical (unpaired) electrons. The van der Waals surface area contributed by atoms with Crippen molar-refractivity contribution in [3.63, 3.8) is 0 Å². The van der Waals surface area contributed by atoms with E-state index in [-0.39, 0.29) is 5.92 Å². The first-order chi connectivity index (χ1) is 6.63. The number of aliphatic hydroxyl groups is 1. The molecule has 1 saturated carbocycles. The van der Waals surface area contributed by atoms with E-state index in [4.69, 9.17) is 10.8 Å². The maximum atomic E-state index is 10.5. The second-order valence-corrected chi connectivity index (χ2v) is 4.11. The van der Waals surface area contributed by atoms with Gasteiger partial charge in [0.05, 0.1) is 0 Å². The highest BCUT2D eigenvalue weighted by Crippen LogP contribution is 2.25. The first kappa shape index (κ1) is 11.5. The molecule has 0 bridgehead atoms. The van der Waals surface area contributed by atoms with E-state index in [1.165, 1.54) is 12.8 Å². The Labute approximate surface area is 84.1 Å². The monoisotopic (exact) mass is 201 g/mol. The zero-order valence-corrected chi connectivity index (χ0v) is 8.35. The van der Waals surface area contributed by atoms with E-state index in [1.807, 2.05) is 0 Å². The van der Waals surface area contributed by atoms with Crippen LogP contribution in [0.2, 0.25) is 0 Å². The van der Waals surface area contributed by atoms with Gasteiger partial charge in [0.1, 0.15) is 0 Å². The Hall–Kier alpha value is -0.610. The molecular weight excluding hydrogens is 182 g/mol. The van der Waals surface area contributed by atoms with Gasteiger partial charge >= 0.3 is 5.97 Å². The molecule has 4 N–H and O–H groups in total. The van der Waals surface area contributed by atoms with Crippen molar-refractivity contribution >= 4 is 5.97 Å². The molecule has 0 unspecified atom stereocenters. The predicted molar refractivity (Wildman–Crippen MR) is 52.8 cm³/mol. The SMILES string of the molecule is N[C@H](C1CCCCCC1)[C@H](O)C(=O)O. The molecule has 0 aromatic carbocycles. The number of nitrogens with two attached hydrogens (primary N) is 1. The van der Waals surface area contributed by atoms with Gasteiger partial charge in [0, 0.05) is 6.04 Å². The molecule has 4 nitrogen and oxygen atoms in total. The van der Waals surface area contributed by atoms with Crippen LogP contribution in [0.3, 0.4) is 0 Å². The van der Waals surface area contributed by atoms with Crippen molar-refractivity contribution < 1.29 is 15.0 Å². The summed E-state index contributed by atoms with van der Waals surface area (Å²) < 4.78 is 0. The maximum absolute atomic E-state index is 10.5. The summed E-state index contributed by atoms with van der Waals surface area (Å²) in [5.74, 6) is -1.04. The van der Waals surface area contributed by atoms with E-state index in [2.05, 4.69) is 0 Å². The van der Waals surface area contributed by atoms with Gasteiger partial charge in [0.2, 0.25) is 0 Å². The van der Waals surface area contributed by atoms with Gasteiger partial charge in [-0.15, -0.1) is 0 Å². The van der Waals surface area contributed by atoms with Gasteiger partial charge in [0.25, 0.3) is 0 Å². The second kappa shape index (κ2) is 5.32. The summed E-state index contributed by atoms with van der Waals surface area (Å²) in [6.07, 6.45) is 5.10. The smallest absolute Gasteiger partial charge is 0.334 e. The third-order valence-electron chi connectivity index (χ3n) is 3.06. The molecule has 2 atom stereocenters. The molecular formula is C10H19NO3. The van der Waals surface area contributed by atoms with Crippen LogP contribution in [-0.4, -0.2) is 28.3 Å². The minimum atomic E-state index is -1.40. The average molecular weight is 201 g/mol. The van der Waals surface area contributed by atoms with Crippen molar-refractivity contribution in [1.82, 2.24) is 0 Å². The number of aliphatic hydroxyl groups excluding tert-OH is 1. The molecule has 1 aliphatic carbocycles. The molecule has 1 rings (SSSR count). The quantitative estimate of drug-likeness (QED) is 0.588. The molecule has 0 aromatic heterocycles. The average Bonchev–Trinajstić information content (AvgIpc) is 2.43. The molecule has 0 saturated heterocycles. The lowest BCUT2D eigenvalue weighted by molar-refractivity contribution is -0.148. The highest BCUT2D eigenvalue weighted by molar-refractivity contribution is 5.72. The fourth-order valence-electron chi connectivity index (χ4n) is 2.12. The Morgan fingerprint density at radius 3 is 2.14 bits per heavy atom. The molecule has 1 fully saturated rings. The normalized spacial score (nSPS) is 23.9. The molecule has 82 valence electrons. The van der Waals surface area contributed by atoms with Gasteiger partial charge in [-0.2, -0.15) is 0 Å². The summed E-state index contributed by atoms with van der Waals surface area (Å²) >= 11 is 0. The van der Waals surface area contributed by atoms with E-state index in [9.17, 15) is 9.90 Å². The van der Waals surface area contributed by atoms with E-state index >= 15 is 0 Å². The van der Waals surface area contributed by atoms with Crippen LogP contribution in [0.4, 0.5) is 0 Å². The fraction of sp³-hybridized carbons (Fsp3) is 0.900. The van der Waals surface area contributed by atoms with Crippen molar-refractivity contribution in [3.05, 3.63) is 0 Å². The summed E-state index contributed by atoms with van der Waals surface area (Å²) in [6, 6.07) is -0.606. The Kier molecular flexibility index (Phi) is 4.35. The molecule has 4 heteroatoms. The van der Waals surface area contributed by atoms with Crippen LogP contribution in [-0.2, 0) is 4.79 Å². The molecule has 14 heavy (non-hydrogen) atoms. The molecule has 0 aliphatic heterocycles. The van der Waals surface area contributed by atoms with Crippen LogP contribution in [0.1, 0.15) is 38.5 Å². The minimum Gasteiger partial charge on any atom is -0.479 e. The zero-order chi connectivity index (χ0) is 10.6. The molecule has 0 heterocycles. The van der Waals surface area contributed by atoms with Crippen molar-refractivity contribution in [3.8, 4) is 0 Å². The summed E-state index contributed by atoms with van der Waals surface area (Å²) in [5, 5.41) is 17.9. The number of hydrogen-bond donors (Lipinski definition) is 3. The largest absolute Gasteiger partial charge is 0.479 e. The lowest BCUT2D eigenvalue weighted by atomic mass is 9.89. The predicted octanol–water partition coefficient (Wildman–Crippen LogP) is 0.730. The van der Waals surface area contributed by atoms with Crippen LogP contribution in [0.15, 0.2) is 0 Å². The summed E-state index contributed by atoms with van der Waals surface area (Å²) in [5.41, 5.74) is 5.73.